The van der Waals surface area contributed by atoms with Gasteiger partial charge in [-0.2, -0.15) is 5.10 Å². The molecular formula is C24H30FN5O2. The van der Waals surface area contributed by atoms with Crippen molar-refractivity contribution in [1.82, 2.24) is 25.4 Å². The summed E-state index contributed by atoms with van der Waals surface area (Å²) < 4.78 is 21.2. The zero-order chi connectivity index (χ0) is 23.3. The minimum Gasteiger partial charge on any atom is -0.488 e. The minimum absolute atomic E-state index is 0.150. The summed E-state index contributed by atoms with van der Waals surface area (Å²) in [4.78, 5) is 16.9. The molecule has 0 spiro atoms. The Bertz CT molecular complexity index is 1060. The molecule has 3 rings (SSSR count). The predicted molar refractivity (Wildman–Crippen MR) is 121 cm³/mol. The molecule has 170 valence electrons. The Morgan fingerprint density at radius 2 is 1.94 bits per heavy atom. The number of nitrogens with zero attached hydrogens (tertiary/aromatic N) is 3. The van der Waals surface area contributed by atoms with Crippen LogP contribution in [0.15, 0.2) is 48.7 Å². The van der Waals surface area contributed by atoms with E-state index in [1.165, 1.54) is 6.07 Å². The van der Waals surface area contributed by atoms with Crippen LogP contribution in [0.5, 0.6) is 5.75 Å². The summed E-state index contributed by atoms with van der Waals surface area (Å²) in [5.41, 5.74) is 2.51. The van der Waals surface area contributed by atoms with E-state index in [-0.39, 0.29) is 29.8 Å². The number of nitrogens with one attached hydrogen (secondary N) is 2. The lowest BCUT2D eigenvalue weighted by Gasteiger charge is -2.31. The third-order valence-electron chi connectivity index (χ3n) is 5.08. The summed E-state index contributed by atoms with van der Waals surface area (Å²) >= 11 is 0. The Morgan fingerprint density at radius 3 is 2.53 bits per heavy atom. The molecule has 2 heterocycles. The van der Waals surface area contributed by atoms with Gasteiger partial charge in [0.2, 0.25) is 0 Å². The predicted octanol–water partition coefficient (Wildman–Crippen LogP) is 4.32. The summed E-state index contributed by atoms with van der Waals surface area (Å²) in [7, 11) is 0. The zero-order valence-electron chi connectivity index (χ0n) is 19.1. The van der Waals surface area contributed by atoms with E-state index in [0.29, 0.717) is 6.54 Å². The molecule has 0 aliphatic heterocycles. The monoisotopic (exact) mass is 439 g/mol. The van der Waals surface area contributed by atoms with Gasteiger partial charge in [-0.1, -0.05) is 39.0 Å². The molecule has 0 saturated carbocycles. The summed E-state index contributed by atoms with van der Waals surface area (Å²) in [6, 6.07) is 11.3. The Morgan fingerprint density at radius 1 is 1.19 bits per heavy atom. The summed E-state index contributed by atoms with van der Waals surface area (Å²) in [6.45, 7) is 10.4. The van der Waals surface area contributed by atoms with Crippen LogP contribution in [0, 0.1) is 25.1 Å². The van der Waals surface area contributed by atoms with Gasteiger partial charge < -0.3 is 15.4 Å². The highest BCUT2D eigenvalue weighted by atomic mass is 19.1. The van der Waals surface area contributed by atoms with E-state index in [1.807, 2.05) is 52.8 Å². The molecule has 0 bridgehead atoms. The van der Waals surface area contributed by atoms with Gasteiger partial charge in [-0.3, -0.25) is 0 Å². The molecule has 7 nitrogen and oxygen atoms in total. The smallest absolute Gasteiger partial charge is 0.315 e. The van der Waals surface area contributed by atoms with Gasteiger partial charge in [-0.05, 0) is 49.1 Å². The second-order valence-corrected chi connectivity index (χ2v) is 8.85. The molecule has 1 aromatic carbocycles. The van der Waals surface area contributed by atoms with Gasteiger partial charge in [0.25, 0.3) is 0 Å². The van der Waals surface area contributed by atoms with E-state index >= 15 is 0 Å². The van der Waals surface area contributed by atoms with E-state index in [1.54, 1.807) is 29.1 Å². The van der Waals surface area contributed by atoms with Crippen LogP contribution < -0.4 is 15.4 Å². The lowest BCUT2D eigenvalue weighted by Crippen LogP contribution is -2.50. The molecule has 2 aromatic heterocycles. The van der Waals surface area contributed by atoms with E-state index in [4.69, 9.17) is 4.74 Å². The minimum atomic E-state index is -0.430. The Kier molecular flexibility index (Phi) is 7.12. The number of urea groups is 1. The molecule has 0 aliphatic carbocycles. The highest BCUT2D eigenvalue weighted by Gasteiger charge is 2.27. The van der Waals surface area contributed by atoms with Crippen molar-refractivity contribution in [3.8, 4) is 11.6 Å². The first kappa shape index (κ1) is 23.2. The number of ether oxygens (including phenoxy) is 1. The lowest BCUT2D eigenvalue weighted by molar-refractivity contribution is 0.167. The molecule has 2 N–H and O–H groups in total. The number of carbonyl (C=O) groups is 1. The summed E-state index contributed by atoms with van der Waals surface area (Å²) in [6.07, 6.45) is 1.72. The maximum absolute atomic E-state index is 13.8. The van der Waals surface area contributed by atoms with Gasteiger partial charge >= 0.3 is 6.03 Å². The van der Waals surface area contributed by atoms with Crippen LogP contribution >= 0.6 is 0 Å². The number of para-hydroxylation sites is 1. The number of aryl methyl sites for hydroxylation is 2. The number of benzene rings is 1. The van der Waals surface area contributed by atoms with Crippen LogP contribution in [0.1, 0.15) is 37.7 Å². The van der Waals surface area contributed by atoms with E-state index < -0.39 is 5.82 Å². The average Bonchev–Trinajstić information content (AvgIpc) is 3.08. The fourth-order valence-corrected chi connectivity index (χ4v) is 3.14. The molecule has 0 aliphatic rings. The molecule has 0 radical (unpaired) electrons. The third kappa shape index (κ3) is 6.06. The fourth-order valence-electron chi connectivity index (χ4n) is 3.14. The standard InChI is InChI=1S/C24H30FN5O2/c1-16-12-17(2)30(29-16)22-11-10-18(13-26-22)14-27-23(31)28-21(24(3,4)5)15-32-20-9-7-6-8-19(20)25/h6-13,21H,14-15H2,1-5H3,(H2,27,28,31). The van der Waals surface area contributed by atoms with Crippen molar-refractivity contribution in [3.05, 3.63) is 71.4 Å². The zero-order valence-corrected chi connectivity index (χ0v) is 19.1. The van der Waals surface area contributed by atoms with Gasteiger partial charge in [0.1, 0.15) is 6.61 Å². The molecule has 32 heavy (non-hydrogen) atoms. The number of halogens is 1. The molecule has 0 saturated heterocycles. The number of hydrogen-bond donors (Lipinski definition) is 2. The number of rotatable bonds is 7. The SMILES string of the molecule is Cc1cc(C)n(-c2ccc(CNC(=O)NC(COc3ccccc3F)C(C)(C)C)cn2)n1. The van der Waals surface area contributed by atoms with Crippen molar-refractivity contribution < 1.29 is 13.9 Å². The lowest BCUT2D eigenvalue weighted by atomic mass is 9.87. The van der Waals surface area contributed by atoms with E-state index in [9.17, 15) is 9.18 Å². The van der Waals surface area contributed by atoms with Gasteiger partial charge in [0.15, 0.2) is 17.4 Å². The number of amides is 2. The number of pyridine rings is 1. The maximum atomic E-state index is 13.8. The van der Waals surface area contributed by atoms with Crippen molar-refractivity contribution in [2.24, 2.45) is 5.41 Å². The topological polar surface area (TPSA) is 81.1 Å². The molecule has 3 aromatic rings. The second kappa shape index (κ2) is 9.80. The first-order valence-corrected chi connectivity index (χ1v) is 10.5. The Hall–Kier alpha value is -3.42. The third-order valence-corrected chi connectivity index (χ3v) is 5.08. The Labute approximate surface area is 188 Å². The highest BCUT2D eigenvalue weighted by molar-refractivity contribution is 5.74. The van der Waals surface area contributed by atoms with Crippen molar-refractivity contribution >= 4 is 6.03 Å². The van der Waals surface area contributed by atoms with Crippen LogP contribution in [-0.4, -0.2) is 33.4 Å². The van der Waals surface area contributed by atoms with Crippen molar-refractivity contribution in [2.75, 3.05) is 6.61 Å². The van der Waals surface area contributed by atoms with E-state index in [0.717, 1.165) is 22.8 Å². The molecule has 1 atom stereocenters. The molecular weight excluding hydrogens is 409 g/mol. The average molecular weight is 440 g/mol. The van der Waals surface area contributed by atoms with Crippen LogP contribution in [0.2, 0.25) is 0 Å². The quantitative estimate of drug-likeness (QED) is 0.575. The summed E-state index contributed by atoms with van der Waals surface area (Å²) in [5.74, 6) is 0.459. The van der Waals surface area contributed by atoms with E-state index in [2.05, 4.69) is 20.7 Å². The second-order valence-electron chi connectivity index (χ2n) is 8.85. The van der Waals surface area contributed by atoms with Gasteiger partial charge in [-0.15, -0.1) is 0 Å². The van der Waals surface area contributed by atoms with Crippen LogP contribution in [0.3, 0.4) is 0 Å². The van der Waals surface area contributed by atoms with Crippen LogP contribution in [0.4, 0.5) is 9.18 Å². The van der Waals surface area contributed by atoms with Gasteiger partial charge in [-0.25, -0.2) is 18.9 Å². The maximum Gasteiger partial charge on any atom is 0.315 e. The molecule has 0 fully saturated rings. The van der Waals surface area contributed by atoms with Crippen LogP contribution in [-0.2, 0) is 6.54 Å². The molecule has 8 heteroatoms. The highest BCUT2D eigenvalue weighted by Crippen LogP contribution is 2.22. The number of aromatic nitrogens is 3. The number of carbonyl (C=O) groups excluding carboxylic acids is 1. The summed E-state index contributed by atoms with van der Waals surface area (Å²) in [5, 5.41) is 10.2. The van der Waals surface area contributed by atoms with Crippen molar-refractivity contribution in [3.63, 3.8) is 0 Å². The Balaban J connectivity index is 1.55. The van der Waals surface area contributed by atoms with Crippen molar-refractivity contribution in [1.29, 1.82) is 0 Å². The van der Waals surface area contributed by atoms with Gasteiger partial charge in [0.05, 0.1) is 11.7 Å². The van der Waals surface area contributed by atoms with Crippen molar-refractivity contribution in [2.45, 2.75) is 47.2 Å². The molecule has 2 amide bonds. The fraction of sp³-hybridized carbons (Fsp3) is 0.375. The van der Waals surface area contributed by atoms with Crippen LogP contribution in [0.25, 0.3) is 5.82 Å². The normalized spacial score (nSPS) is 12.3. The first-order chi connectivity index (χ1) is 15.1. The first-order valence-electron chi connectivity index (χ1n) is 10.5. The molecule has 1 unspecified atom stereocenters. The van der Waals surface area contributed by atoms with Gasteiger partial charge in [0, 0.05) is 18.4 Å². The number of hydrogen-bond acceptors (Lipinski definition) is 4. The largest absolute Gasteiger partial charge is 0.488 e.